The highest BCUT2D eigenvalue weighted by atomic mass is 32.1. The van der Waals surface area contributed by atoms with Crippen molar-refractivity contribution in [1.82, 2.24) is 10.3 Å². The number of aryl methyl sites for hydroxylation is 1. The van der Waals surface area contributed by atoms with Crippen molar-refractivity contribution in [3.63, 3.8) is 0 Å². The number of carbonyl (C=O) groups is 1. The van der Waals surface area contributed by atoms with Crippen molar-refractivity contribution < 1.29 is 9.53 Å². The molecule has 2 aromatic carbocycles. The quantitative estimate of drug-likeness (QED) is 0.743. The van der Waals surface area contributed by atoms with Crippen molar-refractivity contribution in [1.29, 1.82) is 0 Å². The molecular weight excluding hydrogens is 320 g/mol. The van der Waals surface area contributed by atoms with E-state index in [1.807, 2.05) is 66.9 Å². The first-order valence-electron chi connectivity index (χ1n) is 7.67. The third-order valence-corrected chi connectivity index (χ3v) is 4.43. The molecule has 1 N–H and O–H groups in total. The smallest absolute Gasteiger partial charge is 0.258 e. The molecule has 24 heavy (non-hydrogen) atoms. The van der Waals surface area contributed by atoms with Gasteiger partial charge >= 0.3 is 0 Å². The lowest BCUT2D eigenvalue weighted by molar-refractivity contribution is -0.123. The molecule has 0 fully saturated rings. The first-order chi connectivity index (χ1) is 11.7. The second-order valence-corrected chi connectivity index (χ2v) is 6.20. The monoisotopic (exact) mass is 338 g/mol. The molecule has 122 valence electrons. The van der Waals surface area contributed by atoms with Crippen LogP contribution in [-0.4, -0.2) is 17.5 Å². The summed E-state index contributed by atoms with van der Waals surface area (Å²) in [5, 5.41) is 5.75. The summed E-state index contributed by atoms with van der Waals surface area (Å²) < 4.78 is 5.53. The predicted octanol–water partition coefficient (Wildman–Crippen LogP) is 3.81. The first-order valence-corrected chi connectivity index (χ1v) is 8.55. The average Bonchev–Trinajstić information content (AvgIpc) is 3.09. The van der Waals surface area contributed by atoms with Gasteiger partial charge in [-0.3, -0.25) is 4.79 Å². The van der Waals surface area contributed by atoms with Gasteiger partial charge in [0.25, 0.3) is 5.91 Å². The number of nitrogens with zero attached hydrogens (tertiary/aromatic N) is 1. The second kappa shape index (κ2) is 7.75. The minimum absolute atomic E-state index is 0.000529. The van der Waals surface area contributed by atoms with E-state index >= 15 is 0 Å². The Morgan fingerprint density at radius 2 is 1.88 bits per heavy atom. The molecule has 5 heteroatoms. The highest BCUT2D eigenvalue weighted by molar-refractivity contribution is 7.13. The number of hydrogen-bond donors (Lipinski definition) is 1. The zero-order valence-corrected chi connectivity index (χ0v) is 14.2. The van der Waals surface area contributed by atoms with E-state index in [0.717, 1.165) is 27.6 Å². The summed E-state index contributed by atoms with van der Waals surface area (Å²) in [6, 6.07) is 17.6. The van der Waals surface area contributed by atoms with E-state index in [4.69, 9.17) is 4.74 Å². The molecule has 0 spiro atoms. The summed E-state index contributed by atoms with van der Waals surface area (Å²) in [7, 11) is 0. The first kappa shape index (κ1) is 16.2. The lowest BCUT2D eigenvalue weighted by Crippen LogP contribution is -2.28. The van der Waals surface area contributed by atoms with Crippen LogP contribution in [0.5, 0.6) is 5.75 Å². The molecule has 0 saturated carbocycles. The molecule has 0 radical (unpaired) electrons. The molecule has 4 nitrogen and oxygen atoms in total. The molecule has 1 amide bonds. The van der Waals surface area contributed by atoms with Crippen molar-refractivity contribution in [2.75, 3.05) is 6.61 Å². The van der Waals surface area contributed by atoms with Crippen LogP contribution in [0.15, 0.2) is 60.0 Å². The summed E-state index contributed by atoms with van der Waals surface area (Å²) in [5.74, 6) is 0.570. The van der Waals surface area contributed by atoms with Gasteiger partial charge in [-0.25, -0.2) is 4.98 Å². The molecule has 3 rings (SSSR count). The van der Waals surface area contributed by atoms with Crippen LogP contribution in [0.25, 0.3) is 10.6 Å². The number of nitrogens with one attached hydrogen (secondary N) is 1. The Balaban J connectivity index is 1.50. The molecule has 3 aromatic rings. The van der Waals surface area contributed by atoms with E-state index in [9.17, 15) is 4.79 Å². The fourth-order valence-corrected chi connectivity index (χ4v) is 3.03. The van der Waals surface area contributed by atoms with Gasteiger partial charge in [0, 0.05) is 10.9 Å². The van der Waals surface area contributed by atoms with E-state index < -0.39 is 0 Å². The molecule has 0 atom stereocenters. The van der Waals surface area contributed by atoms with Gasteiger partial charge in [0.15, 0.2) is 6.61 Å². The number of aromatic nitrogens is 1. The Morgan fingerprint density at radius 3 is 2.67 bits per heavy atom. The third-order valence-electron chi connectivity index (χ3n) is 3.49. The number of thiazole rings is 1. The summed E-state index contributed by atoms with van der Waals surface area (Å²) >= 11 is 1.57. The van der Waals surface area contributed by atoms with Gasteiger partial charge < -0.3 is 10.1 Å². The van der Waals surface area contributed by atoms with E-state index in [1.54, 1.807) is 11.3 Å². The summed E-state index contributed by atoms with van der Waals surface area (Å²) in [4.78, 5) is 16.5. The number of rotatable bonds is 6. The number of amides is 1. The van der Waals surface area contributed by atoms with Crippen molar-refractivity contribution >= 4 is 17.2 Å². The minimum Gasteiger partial charge on any atom is -0.484 e. The largest absolute Gasteiger partial charge is 0.484 e. The van der Waals surface area contributed by atoms with Gasteiger partial charge in [-0.2, -0.15) is 0 Å². The summed E-state index contributed by atoms with van der Waals surface area (Å²) in [6.45, 7) is 2.35. The van der Waals surface area contributed by atoms with Gasteiger partial charge in [0.1, 0.15) is 10.8 Å². The Morgan fingerprint density at radius 1 is 1.12 bits per heavy atom. The summed E-state index contributed by atoms with van der Waals surface area (Å²) in [6.07, 6.45) is 0. The Hall–Kier alpha value is -2.66. The normalized spacial score (nSPS) is 10.4. The van der Waals surface area contributed by atoms with E-state index in [2.05, 4.69) is 10.3 Å². The predicted molar refractivity (Wildman–Crippen MR) is 96.1 cm³/mol. The number of carbonyl (C=O) groups excluding carboxylic acids is 1. The number of benzene rings is 2. The highest BCUT2D eigenvalue weighted by Crippen LogP contribution is 2.23. The number of para-hydroxylation sites is 1. The number of ether oxygens (including phenoxy) is 1. The Labute approximate surface area is 145 Å². The van der Waals surface area contributed by atoms with Crippen LogP contribution < -0.4 is 10.1 Å². The van der Waals surface area contributed by atoms with Gasteiger partial charge in [-0.05, 0) is 18.6 Å². The van der Waals surface area contributed by atoms with Crippen LogP contribution in [0.2, 0.25) is 0 Å². The van der Waals surface area contributed by atoms with Crippen LogP contribution in [-0.2, 0) is 11.3 Å². The SMILES string of the molecule is Cc1ccccc1OCC(=O)NCc1csc(-c2ccccc2)n1. The van der Waals surface area contributed by atoms with Gasteiger partial charge in [-0.1, -0.05) is 48.5 Å². The van der Waals surface area contributed by atoms with Crippen molar-refractivity contribution in [3.05, 3.63) is 71.2 Å². The van der Waals surface area contributed by atoms with Crippen LogP contribution in [0.3, 0.4) is 0 Å². The lowest BCUT2D eigenvalue weighted by atomic mass is 10.2. The molecule has 0 saturated heterocycles. The van der Waals surface area contributed by atoms with Gasteiger partial charge in [-0.15, -0.1) is 11.3 Å². The maximum Gasteiger partial charge on any atom is 0.258 e. The maximum absolute atomic E-state index is 11.9. The Bertz CT molecular complexity index is 815. The fourth-order valence-electron chi connectivity index (χ4n) is 2.20. The van der Waals surface area contributed by atoms with E-state index in [1.165, 1.54) is 0 Å². The van der Waals surface area contributed by atoms with Crippen LogP contribution in [0.4, 0.5) is 0 Å². The van der Waals surface area contributed by atoms with E-state index in [-0.39, 0.29) is 12.5 Å². The van der Waals surface area contributed by atoms with Gasteiger partial charge in [0.2, 0.25) is 0 Å². The maximum atomic E-state index is 11.9. The molecule has 1 heterocycles. The fraction of sp³-hybridized carbons (Fsp3) is 0.158. The molecule has 0 unspecified atom stereocenters. The molecule has 0 aliphatic heterocycles. The van der Waals surface area contributed by atoms with Crippen molar-refractivity contribution in [2.24, 2.45) is 0 Å². The zero-order valence-electron chi connectivity index (χ0n) is 13.4. The van der Waals surface area contributed by atoms with Crippen LogP contribution in [0, 0.1) is 6.92 Å². The molecule has 0 bridgehead atoms. The highest BCUT2D eigenvalue weighted by Gasteiger charge is 2.07. The van der Waals surface area contributed by atoms with Crippen LogP contribution in [0.1, 0.15) is 11.3 Å². The molecule has 0 aliphatic rings. The van der Waals surface area contributed by atoms with Crippen LogP contribution >= 0.6 is 11.3 Å². The Kier molecular flexibility index (Phi) is 5.23. The zero-order chi connectivity index (χ0) is 16.8. The molecule has 0 aliphatic carbocycles. The third kappa shape index (κ3) is 4.20. The van der Waals surface area contributed by atoms with E-state index in [0.29, 0.717) is 6.54 Å². The van der Waals surface area contributed by atoms with Gasteiger partial charge in [0.05, 0.1) is 12.2 Å². The minimum atomic E-state index is -0.160. The topological polar surface area (TPSA) is 51.2 Å². The standard InChI is InChI=1S/C19H18N2O2S/c1-14-7-5-6-10-17(14)23-12-18(22)20-11-16-13-24-19(21-16)15-8-3-2-4-9-15/h2-10,13H,11-12H2,1H3,(H,20,22). The molecule has 1 aromatic heterocycles. The van der Waals surface area contributed by atoms with Crippen molar-refractivity contribution in [3.8, 4) is 16.3 Å². The summed E-state index contributed by atoms with van der Waals surface area (Å²) in [5.41, 5.74) is 2.95. The average molecular weight is 338 g/mol. The lowest BCUT2D eigenvalue weighted by Gasteiger charge is -2.08. The van der Waals surface area contributed by atoms with Crippen molar-refractivity contribution in [2.45, 2.75) is 13.5 Å². The molecular formula is C19H18N2O2S. The second-order valence-electron chi connectivity index (χ2n) is 5.34. The number of hydrogen-bond acceptors (Lipinski definition) is 4.